The standard InChI is InChI=1S/C14H10INS/c15-9-10-5-7-11(8-6-10)14-16-12-3-1-2-4-13(12)17-14/h1-8H,9H2. The number of alkyl halides is 1. The molecular formula is C14H10INS. The highest BCUT2D eigenvalue weighted by Gasteiger charge is 2.05. The summed E-state index contributed by atoms with van der Waals surface area (Å²) in [5.74, 6) is 0. The molecule has 3 aromatic rings. The summed E-state index contributed by atoms with van der Waals surface area (Å²) in [6, 6.07) is 16.9. The Morgan fingerprint density at radius 2 is 1.76 bits per heavy atom. The van der Waals surface area contributed by atoms with Gasteiger partial charge in [0.2, 0.25) is 0 Å². The lowest BCUT2D eigenvalue weighted by Crippen LogP contribution is -1.78. The van der Waals surface area contributed by atoms with Crippen LogP contribution in [0.25, 0.3) is 20.8 Å². The van der Waals surface area contributed by atoms with Gasteiger partial charge in [-0.3, -0.25) is 0 Å². The van der Waals surface area contributed by atoms with Crippen molar-refractivity contribution in [3.05, 3.63) is 54.1 Å². The van der Waals surface area contributed by atoms with E-state index in [9.17, 15) is 0 Å². The van der Waals surface area contributed by atoms with Gasteiger partial charge in [0, 0.05) is 9.99 Å². The second kappa shape index (κ2) is 4.74. The van der Waals surface area contributed by atoms with E-state index in [1.165, 1.54) is 15.8 Å². The van der Waals surface area contributed by atoms with Crippen molar-refractivity contribution in [1.82, 2.24) is 4.98 Å². The van der Waals surface area contributed by atoms with Crippen LogP contribution in [-0.2, 0) is 4.43 Å². The molecule has 0 radical (unpaired) electrons. The molecule has 0 spiro atoms. The molecule has 0 saturated heterocycles. The summed E-state index contributed by atoms with van der Waals surface area (Å²) in [4.78, 5) is 4.66. The fraction of sp³-hybridized carbons (Fsp3) is 0.0714. The van der Waals surface area contributed by atoms with Crippen LogP contribution in [0.2, 0.25) is 0 Å². The van der Waals surface area contributed by atoms with Crippen molar-refractivity contribution in [2.24, 2.45) is 0 Å². The molecule has 0 amide bonds. The monoisotopic (exact) mass is 351 g/mol. The number of hydrogen-bond donors (Lipinski definition) is 0. The molecule has 1 nitrogen and oxygen atoms in total. The average molecular weight is 351 g/mol. The smallest absolute Gasteiger partial charge is 0.124 e. The third-order valence-electron chi connectivity index (χ3n) is 2.65. The van der Waals surface area contributed by atoms with Crippen molar-refractivity contribution >= 4 is 44.1 Å². The van der Waals surface area contributed by atoms with Gasteiger partial charge in [0.1, 0.15) is 5.01 Å². The number of aromatic nitrogens is 1. The fourth-order valence-corrected chi connectivity index (χ4v) is 3.21. The number of para-hydroxylation sites is 1. The molecule has 0 bridgehead atoms. The minimum atomic E-state index is 1.05. The van der Waals surface area contributed by atoms with Crippen LogP contribution in [0.5, 0.6) is 0 Å². The molecular weight excluding hydrogens is 341 g/mol. The molecule has 0 saturated carbocycles. The van der Waals surface area contributed by atoms with Crippen molar-refractivity contribution in [3.63, 3.8) is 0 Å². The third-order valence-corrected chi connectivity index (χ3v) is 4.62. The first-order valence-corrected chi connectivity index (χ1v) is 7.72. The van der Waals surface area contributed by atoms with E-state index in [0.29, 0.717) is 0 Å². The summed E-state index contributed by atoms with van der Waals surface area (Å²) in [5, 5.41) is 1.10. The average Bonchev–Trinajstić information content (AvgIpc) is 2.82. The number of rotatable bonds is 2. The van der Waals surface area contributed by atoms with Crippen molar-refractivity contribution in [2.45, 2.75) is 4.43 Å². The second-order valence-corrected chi connectivity index (χ2v) is 5.61. The van der Waals surface area contributed by atoms with Gasteiger partial charge in [-0.25, -0.2) is 4.98 Å². The molecule has 3 heteroatoms. The van der Waals surface area contributed by atoms with Gasteiger partial charge < -0.3 is 0 Å². The van der Waals surface area contributed by atoms with E-state index < -0.39 is 0 Å². The van der Waals surface area contributed by atoms with Gasteiger partial charge in [-0.05, 0) is 17.7 Å². The highest BCUT2D eigenvalue weighted by molar-refractivity contribution is 14.1. The maximum absolute atomic E-state index is 4.66. The highest BCUT2D eigenvalue weighted by Crippen LogP contribution is 2.30. The Morgan fingerprint density at radius 3 is 2.47 bits per heavy atom. The summed E-state index contributed by atoms with van der Waals surface area (Å²) in [6.07, 6.45) is 0. The van der Waals surface area contributed by atoms with E-state index in [1.54, 1.807) is 11.3 Å². The van der Waals surface area contributed by atoms with Crippen LogP contribution >= 0.6 is 33.9 Å². The molecule has 2 aromatic carbocycles. The molecule has 0 unspecified atom stereocenters. The second-order valence-electron chi connectivity index (χ2n) is 3.82. The molecule has 1 heterocycles. The van der Waals surface area contributed by atoms with Gasteiger partial charge >= 0.3 is 0 Å². The van der Waals surface area contributed by atoms with Gasteiger partial charge in [-0.2, -0.15) is 0 Å². The number of hydrogen-bond acceptors (Lipinski definition) is 2. The summed E-state index contributed by atoms with van der Waals surface area (Å²) < 4.78 is 2.30. The molecule has 1 aromatic heterocycles. The molecule has 0 aliphatic heterocycles. The molecule has 84 valence electrons. The van der Waals surface area contributed by atoms with Gasteiger partial charge in [-0.1, -0.05) is 59.0 Å². The highest BCUT2D eigenvalue weighted by atomic mass is 127. The van der Waals surface area contributed by atoms with E-state index in [1.807, 2.05) is 6.07 Å². The minimum Gasteiger partial charge on any atom is -0.236 e. The van der Waals surface area contributed by atoms with Crippen molar-refractivity contribution in [2.75, 3.05) is 0 Å². The molecule has 17 heavy (non-hydrogen) atoms. The first kappa shape index (κ1) is 11.2. The Kier molecular flexibility index (Phi) is 3.11. The number of halogens is 1. The van der Waals surface area contributed by atoms with E-state index >= 15 is 0 Å². The van der Waals surface area contributed by atoms with Crippen LogP contribution in [-0.4, -0.2) is 4.98 Å². The lowest BCUT2D eigenvalue weighted by Gasteiger charge is -1.97. The number of fused-ring (bicyclic) bond motifs is 1. The first-order valence-electron chi connectivity index (χ1n) is 5.37. The largest absolute Gasteiger partial charge is 0.236 e. The molecule has 0 fully saturated rings. The zero-order valence-electron chi connectivity index (χ0n) is 9.06. The number of thiazole rings is 1. The molecule has 3 rings (SSSR count). The Bertz CT molecular complexity index is 610. The first-order chi connectivity index (χ1) is 8.36. The summed E-state index contributed by atoms with van der Waals surface area (Å²) >= 11 is 4.13. The summed E-state index contributed by atoms with van der Waals surface area (Å²) in [6.45, 7) is 0. The Hall–Kier alpha value is -0.940. The predicted octanol–water partition coefficient (Wildman–Crippen LogP) is 4.90. The SMILES string of the molecule is ICc1ccc(-c2nc3ccccc3s2)cc1. The summed E-state index contributed by atoms with van der Waals surface area (Å²) in [7, 11) is 0. The Balaban J connectivity index is 2.07. The van der Waals surface area contributed by atoms with Crippen LogP contribution in [0.1, 0.15) is 5.56 Å². The van der Waals surface area contributed by atoms with Crippen molar-refractivity contribution in [1.29, 1.82) is 0 Å². The van der Waals surface area contributed by atoms with Gasteiger partial charge in [0.25, 0.3) is 0 Å². The van der Waals surface area contributed by atoms with Crippen molar-refractivity contribution < 1.29 is 0 Å². The van der Waals surface area contributed by atoms with Crippen LogP contribution in [0.15, 0.2) is 48.5 Å². The number of nitrogens with zero attached hydrogens (tertiary/aromatic N) is 1. The van der Waals surface area contributed by atoms with Crippen LogP contribution in [0.3, 0.4) is 0 Å². The van der Waals surface area contributed by atoms with Gasteiger partial charge in [0.05, 0.1) is 10.2 Å². The van der Waals surface area contributed by atoms with Crippen LogP contribution in [0.4, 0.5) is 0 Å². The third kappa shape index (κ3) is 2.21. The zero-order valence-corrected chi connectivity index (χ0v) is 12.0. The van der Waals surface area contributed by atoms with Crippen molar-refractivity contribution in [3.8, 4) is 10.6 Å². The minimum absolute atomic E-state index is 1.05. The van der Waals surface area contributed by atoms with Crippen LogP contribution < -0.4 is 0 Å². The topological polar surface area (TPSA) is 12.9 Å². The van der Waals surface area contributed by atoms with E-state index in [4.69, 9.17) is 0 Å². The lowest BCUT2D eigenvalue weighted by atomic mass is 10.2. The molecule has 0 aliphatic rings. The zero-order chi connectivity index (χ0) is 11.7. The van der Waals surface area contributed by atoms with Gasteiger partial charge in [-0.15, -0.1) is 11.3 Å². The van der Waals surface area contributed by atoms with E-state index in [-0.39, 0.29) is 0 Å². The molecule has 0 atom stereocenters. The normalized spacial score (nSPS) is 10.9. The maximum atomic E-state index is 4.66. The quantitative estimate of drug-likeness (QED) is 0.473. The molecule has 0 aliphatic carbocycles. The van der Waals surface area contributed by atoms with E-state index in [2.05, 4.69) is 70.0 Å². The Labute approximate surface area is 118 Å². The summed E-state index contributed by atoms with van der Waals surface area (Å²) in [5.41, 5.74) is 3.65. The fourth-order valence-electron chi connectivity index (χ4n) is 1.73. The number of benzene rings is 2. The Morgan fingerprint density at radius 1 is 1.00 bits per heavy atom. The predicted molar refractivity (Wildman–Crippen MR) is 82.8 cm³/mol. The maximum Gasteiger partial charge on any atom is 0.124 e. The van der Waals surface area contributed by atoms with E-state index in [0.717, 1.165) is 15.0 Å². The molecule has 0 N–H and O–H groups in total. The van der Waals surface area contributed by atoms with Gasteiger partial charge in [0.15, 0.2) is 0 Å². The lowest BCUT2D eigenvalue weighted by molar-refractivity contribution is 1.43. The van der Waals surface area contributed by atoms with Crippen LogP contribution in [0, 0.1) is 0 Å².